The summed E-state index contributed by atoms with van der Waals surface area (Å²) in [7, 11) is 1.42. The highest BCUT2D eigenvalue weighted by atomic mass is 16.5. The van der Waals surface area contributed by atoms with Crippen LogP contribution in [-0.2, 0) is 4.74 Å². The van der Waals surface area contributed by atoms with Gasteiger partial charge < -0.3 is 15.4 Å². The van der Waals surface area contributed by atoms with Crippen LogP contribution >= 0.6 is 0 Å². The van der Waals surface area contributed by atoms with Crippen LogP contribution in [0.25, 0.3) is 0 Å². The van der Waals surface area contributed by atoms with Crippen molar-refractivity contribution in [2.45, 2.75) is 6.92 Å². The van der Waals surface area contributed by atoms with Gasteiger partial charge in [-0.1, -0.05) is 6.92 Å². The van der Waals surface area contributed by atoms with Gasteiger partial charge >= 0.3 is 6.09 Å². The van der Waals surface area contributed by atoms with Crippen LogP contribution in [0.2, 0.25) is 0 Å². The maximum Gasteiger partial charge on any atom is 0.409 e. The van der Waals surface area contributed by atoms with Crippen molar-refractivity contribution in [2.75, 3.05) is 46.4 Å². The predicted octanol–water partition coefficient (Wildman–Crippen LogP) is -0.0348. The second-order valence-electron chi connectivity index (χ2n) is 4.10. The molecular weight excluding hydrogens is 194 g/mol. The van der Waals surface area contributed by atoms with Gasteiger partial charge in [-0.2, -0.15) is 0 Å². The minimum absolute atomic E-state index is 0.221. The number of carbonyl (C=O) groups excluding carboxylic acids is 1. The molecule has 0 aliphatic carbocycles. The average molecular weight is 215 g/mol. The van der Waals surface area contributed by atoms with Gasteiger partial charge in [-0.25, -0.2) is 4.79 Å². The fourth-order valence-corrected chi connectivity index (χ4v) is 1.76. The Balaban J connectivity index is 2.26. The number of ether oxygens (including phenoxy) is 1. The molecule has 0 aromatic heterocycles. The second kappa shape index (κ2) is 5.92. The Hall–Kier alpha value is -0.810. The molecule has 1 rings (SSSR count). The van der Waals surface area contributed by atoms with Crippen LogP contribution in [0.1, 0.15) is 6.92 Å². The van der Waals surface area contributed by atoms with Crippen LogP contribution in [-0.4, -0.2) is 62.3 Å². The van der Waals surface area contributed by atoms with Gasteiger partial charge in [-0.05, 0) is 12.5 Å². The fraction of sp³-hybridized carbons (Fsp3) is 0.900. The molecule has 1 amide bonds. The number of amides is 1. The Kier molecular flexibility index (Phi) is 4.84. The third kappa shape index (κ3) is 3.68. The minimum atomic E-state index is -0.221. The van der Waals surface area contributed by atoms with Gasteiger partial charge in [0.25, 0.3) is 0 Å². The van der Waals surface area contributed by atoms with Crippen molar-refractivity contribution in [3.8, 4) is 0 Å². The van der Waals surface area contributed by atoms with Crippen LogP contribution in [0, 0.1) is 5.92 Å². The van der Waals surface area contributed by atoms with E-state index < -0.39 is 0 Å². The van der Waals surface area contributed by atoms with E-state index in [1.54, 1.807) is 4.90 Å². The third-order valence-electron chi connectivity index (χ3n) is 2.78. The van der Waals surface area contributed by atoms with E-state index >= 15 is 0 Å². The topological polar surface area (TPSA) is 58.8 Å². The van der Waals surface area contributed by atoms with Crippen LogP contribution in [0.5, 0.6) is 0 Å². The van der Waals surface area contributed by atoms with E-state index in [1.165, 1.54) is 7.11 Å². The maximum absolute atomic E-state index is 11.2. The van der Waals surface area contributed by atoms with E-state index in [-0.39, 0.29) is 6.09 Å². The first-order valence-corrected chi connectivity index (χ1v) is 5.42. The zero-order valence-electron chi connectivity index (χ0n) is 9.61. The molecule has 0 saturated carbocycles. The molecular formula is C10H21N3O2. The summed E-state index contributed by atoms with van der Waals surface area (Å²) in [4.78, 5) is 15.3. The Morgan fingerprint density at radius 2 is 2.00 bits per heavy atom. The summed E-state index contributed by atoms with van der Waals surface area (Å²) in [6.07, 6.45) is -0.221. The molecule has 1 aliphatic heterocycles. The van der Waals surface area contributed by atoms with Crippen molar-refractivity contribution >= 4 is 6.09 Å². The summed E-state index contributed by atoms with van der Waals surface area (Å²) in [5, 5.41) is 0. The highest BCUT2D eigenvalue weighted by Gasteiger charge is 2.21. The molecule has 0 spiro atoms. The first kappa shape index (κ1) is 12.3. The van der Waals surface area contributed by atoms with Gasteiger partial charge in [0.05, 0.1) is 7.11 Å². The molecule has 5 nitrogen and oxygen atoms in total. The van der Waals surface area contributed by atoms with Gasteiger partial charge in [0.2, 0.25) is 0 Å². The summed E-state index contributed by atoms with van der Waals surface area (Å²) in [6.45, 7) is 7.22. The van der Waals surface area contributed by atoms with Gasteiger partial charge in [0.15, 0.2) is 0 Å². The normalized spacial score (nSPS) is 20.1. The van der Waals surface area contributed by atoms with Crippen LogP contribution in [0.3, 0.4) is 0 Å². The summed E-state index contributed by atoms with van der Waals surface area (Å²) in [6, 6.07) is 0. The molecule has 0 bridgehead atoms. The largest absolute Gasteiger partial charge is 0.453 e. The Morgan fingerprint density at radius 1 is 1.40 bits per heavy atom. The van der Waals surface area contributed by atoms with E-state index in [0.29, 0.717) is 5.92 Å². The molecule has 2 N–H and O–H groups in total. The number of piperazine rings is 1. The van der Waals surface area contributed by atoms with Crippen LogP contribution in [0.4, 0.5) is 4.79 Å². The standard InChI is InChI=1S/C10H21N3O2/c1-9(7-11)8-12-3-5-13(6-4-12)10(14)15-2/h9H,3-8,11H2,1-2H3. The van der Waals surface area contributed by atoms with Gasteiger partial charge in [0, 0.05) is 32.7 Å². The minimum Gasteiger partial charge on any atom is -0.453 e. The quantitative estimate of drug-likeness (QED) is 0.718. The van der Waals surface area contributed by atoms with Crippen molar-refractivity contribution in [1.82, 2.24) is 9.80 Å². The maximum atomic E-state index is 11.2. The fourth-order valence-electron chi connectivity index (χ4n) is 1.76. The molecule has 1 unspecified atom stereocenters. The molecule has 88 valence electrons. The lowest BCUT2D eigenvalue weighted by Gasteiger charge is -2.34. The number of methoxy groups -OCH3 is 1. The van der Waals surface area contributed by atoms with Crippen molar-refractivity contribution < 1.29 is 9.53 Å². The predicted molar refractivity (Wildman–Crippen MR) is 58.6 cm³/mol. The molecule has 1 atom stereocenters. The van der Waals surface area contributed by atoms with Crippen molar-refractivity contribution in [2.24, 2.45) is 11.7 Å². The smallest absolute Gasteiger partial charge is 0.409 e. The van der Waals surface area contributed by atoms with E-state index in [9.17, 15) is 4.79 Å². The molecule has 5 heteroatoms. The Morgan fingerprint density at radius 3 is 2.47 bits per heavy atom. The zero-order valence-corrected chi connectivity index (χ0v) is 9.61. The second-order valence-corrected chi connectivity index (χ2v) is 4.10. The Bertz CT molecular complexity index is 203. The molecule has 1 fully saturated rings. The first-order chi connectivity index (χ1) is 7.17. The summed E-state index contributed by atoms with van der Waals surface area (Å²) in [5.41, 5.74) is 5.58. The lowest BCUT2D eigenvalue weighted by Crippen LogP contribution is -2.50. The van der Waals surface area contributed by atoms with E-state index in [1.807, 2.05) is 0 Å². The molecule has 15 heavy (non-hydrogen) atoms. The number of hydrogen-bond acceptors (Lipinski definition) is 4. The van der Waals surface area contributed by atoms with Crippen molar-refractivity contribution in [1.29, 1.82) is 0 Å². The van der Waals surface area contributed by atoms with Crippen LogP contribution < -0.4 is 5.73 Å². The highest BCUT2D eigenvalue weighted by Crippen LogP contribution is 2.05. The zero-order chi connectivity index (χ0) is 11.3. The van der Waals surface area contributed by atoms with Gasteiger partial charge in [-0.15, -0.1) is 0 Å². The molecule has 0 aromatic carbocycles. The number of nitrogens with zero attached hydrogens (tertiary/aromatic N) is 2. The molecule has 1 heterocycles. The summed E-state index contributed by atoms with van der Waals surface area (Å²) in [5.74, 6) is 0.523. The molecule has 1 saturated heterocycles. The van der Waals surface area contributed by atoms with Crippen molar-refractivity contribution in [3.05, 3.63) is 0 Å². The van der Waals surface area contributed by atoms with Gasteiger partial charge in [0.1, 0.15) is 0 Å². The summed E-state index contributed by atoms with van der Waals surface area (Å²) >= 11 is 0. The lowest BCUT2D eigenvalue weighted by atomic mass is 10.1. The first-order valence-electron chi connectivity index (χ1n) is 5.42. The van der Waals surface area contributed by atoms with E-state index in [2.05, 4.69) is 16.6 Å². The third-order valence-corrected chi connectivity index (χ3v) is 2.78. The average Bonchev–Trinajstić information content (AvgIpc) is 2.29. The van der Waals surface area contributed by atoms with E-state index in [0.717, 1.165) is 39.3 Å². The SMILES string of the molecule is COC(=O)N1CCN(CC(C)CN)CC1. The molecule has 0 radical (unpaired) electrons. The van der Waals surface area contributed by atoms with Gasteiger partial charge in [-0.3, -0.25) is 4.90 Å². The number of carbonyl (C=O) groups is 1. The number of hydrogen-bond donors (Lipinski definition) is 1. The lowest BCUT2D eigenvalue weighted by molar-refractivity contribution is 0.0869. The van der Waals surface area contributed by atoms with Crippen LogP contribution in [0.15, 0.2) is 0 Å². The molecule has 0 aromatic rings. The number of rotatable bonds is 3. The monoisotopic (exact) mass is 215 g/mol. The van der Waals surface area contributed by atoms with E-state index in [4.69, 9.17) is 5.73 Å². The highest BCUT2D eigenvalue weighted by molar-refractivity contribution is 5.67. The van der Waals surface area contributed by atoms with Crippen molar-refractivity contribution in [3.63, 3.8) is 0 Å². The summed E-state index contributed by atoms with van der Waals surface area (Å²) < 4.78 is 4.68. The Labute approximate surface area is 91.2 Å². The number of nitrogens with two attached hydrogens (primary N) is 1. The molecule has 1 aliphatic rings.